The van der Waals surface area contributed by atoms with Gasteiger partial charge < -0.3 is 0 Å². The Hall–Kier alpha value is -1.49. The number of aromatic nitrogens is 4. The highest BCUT2D eigenvalue weighted by molar-refractivity contribution is 6.29. The van der Waals surface area contributed by atoms with E-state index in [1.807, 2.05) is 6.92 Å². The van der Waals surface area contributed by atoms with E-state index in [2.05, 4.69) is 15.1 Å². The van der Waals surface area contributed by atoms with Crippen molar-refractivity contribution in [3.63, 3.8) is 0 Å². The van der Waals surface area contributed by atoms with Crippen molar-refractivity contribution in [2.45, 2.75) is 20.4 Å². The van der Waals surface area contributed by atoms with Crippen molar-refractivity contribution in [3.8, 4) is 11.4 Å². The van der Waals surface area contributed by atoms with Crippen molar-refractivity contribution in [3.05, 3.63) is 29.1 Å². The Bertz CT molecular complexity index is 500. The summed E-state index contributed by atoms with van der Waals surface area (Å²) in [4.78, 5) is 7.90. The molecule has 0 fully saturated rings. The van der Waals surface area contributed by atoms with Gasteiger partial charge in [-0.3, -0.25) is 4.68 Å². The van der Waals surface area contributed by atoms with Gasteiger partial charge in [0.05, 0.1) is 17.5 Å². The summed E-state index contributed by atoms with van der Waals surface area (Å²) in [5.41, 5.74) is 0.964. The molecule has 0 aliphatic rings. The van der Waals surface area contributed by atoms with Crippen molar-refractivity contribution >= 4 is 11.6 Å². The summed E-state index contributed by atoms with van der Waals surface area (Å²) in [6, 6.07) is 0. The van der Waals surface area contributed by atoms with E-state index in [1.54, 1.807) is 24.0 Å². The maximum atomic E-state index is 13.2. The Kier molecular flexibility index (Phi) is 2.87. The zero-order valence-electron chi connectivity index (χ0n) is 8.91. The summed E-state index contributed by atoms with van der Waals surface area (Å²) in [6.07, 6.45) is 3.43. The molecule has 0 spiro atoms. The Morgan fingerprint density at radius 2 is 2.19 bits per heavy atom. The Labute approximate surface area is 97.1 Å². The number of aryl methyl sites for hydroxylation is 2. The van der Waals surface area contributed by atoms with E-state index in [9.17, 15) is 4.39 Å². The maximum absolute atomic E-state index is 13.2. The quantitative estimate of drug-likeness (QED) is 0.758. The number of hydrogen-bond donors (Lipinski definition) is 0. The molecule has 0 amide bonds. The largest absolute Gasteiger partial charge is 0.272 e. The molecule has 2 aromatic heterocycles. The Morgan fingerprint density at radius 1 is 1.44 bits per heavy atom. The lowest BCUT2D eigenvalue weighted by Crippen LogP contribution is -1.97. The highest BCUT2D eigenvalue weighted by Gasteiger charge is 2.11. The molecule has 0 aliphatic heterocycles. The fourth-order valence-corrected chi connectivity index (χ4v) is 1.52. The SMILES string of the molecule is CCn1cc(-c2nc(C)c(F)c(Cl)n2)cn1. The lowest BCUT2D eigenvalue weighted by molar-refractivity contribution is 0.603. The number of halogens is 2. The molecule has 0 atom stereocenters. The van der Waals surface area contributed by atoms with E-state index in [0.717, 1.165) is 12.1 Å². The van der Waals surface area contributed by atoms with E-state index >= 15 is 0 Å². The second kappa shape index (κ2) is 4.17. The van der Waals surface area contributed by atoms with Crippen LogP contribution in [0.4, 0.5) is 4.39 Å². The van der Waals surface area contributed by atoms with Crippen molar-refractivity contribution in [2.24, 2.45) is 0 Å². The predicted octanol–water partition coefficient (Wildman–Crippen LogP) is 2.46. The lowest BCUT2D eigenvalue weighted by atomic mass is 10.3. The molecule has 0 unspecified atom stereocenters. The molecular weight excluding hydrogens is 231 g/mol. The maximum Gasteiger partial charge on any atom is 0.181 e. The zero-order valence-corrected chi connectivity index (χ0v) is 9.66. The third-order valence-corrected chi connectivity index (χ3v) is 2.44. The van der Waals surface area contributed by atoms with Gasteiger partial charge in [-0.2, -0.15) is 5.10 Å². The second-order valence-electron chi connectivity index (χ2n) is 3.32. The first-order chi connectivity index (χ1) is 7.61. The van der Waals surface area contributed by atoms with Crippen LogP contribution in [0.1, 0.15) is 12.6 Å². The summed E-state index contributed by atoms with van der Waals surface area (Å²) in [5.74, 6) is -0.183. The molecule has 0 N–H and O–H groups in total. The fourth-order valence-electron chi connectivity index (χ4n) is 1.31. The number of nitrogens with zero attached hydrogens (tertiary/aromatic N) is 4. The average Bonchev–Trinajstić information content (AvgIpc) is 2.73. The third kappa shape index (κ3) is 1.90. The molecule has 0 saturated heterocycles. The van der Waals surface area contributed by atoms with Crippen LogP contribution < -0.4 is 0 Å². The van der Waals surface area contributed by atoms with Gasteiger partial charge in [-0.15, -0.1) is 0 Å². The molecule has 6 heteroatoms. The standard InChI is InChI=1S/C10H10ClFN4/c1-3-16-5-7(4-13-16)10-14-6(2)8(12)9(11)15-10/h4-5H,3H2,1-2H3. The van der Waals surface area contributed by atoms with E-state index < -0.39 is 5.82 Å². The molecule has 2 aromatic rings. The molecule has 0 aromatic carbocycles. The van der Waals surface area contributed by atoms with Crippen LogP contribution in [0.2, 0.25) is 5.15 Å². The average molecular weight is 241 g/mol. The Morgan fingerprint density at radius 3 is 2.75 bits per heavy atom. The molecule has 2 rings (SSSR count). The van der Waals surface area contributed by atoms with Gasteiger partial charge in [-0.05, 0) is 13.8 Å². The molecule has 0 radical (unpaired) electrons. The van der Waals surface area contributed by atoms with Gasteiger partial charge in [0.15, 0.2) is 16.8 Å². The van der Waals surface area contributed by atoms with Gasteiger partial charge in [0.2, 0.25) is 0 Å². The minimum absolute atomic E-state index is 0.160. The van der Waals surface area contributed by atoms with Crippen molar-refractivity contribution in [2.75, 3.05) is 0 Å². The highest BCUT2D eigenvalue weighted by Crippen LogP contribution is 2.20. The highest BCUT2D eigenvalue weighted by atomic mass is 35.5. The van der Waals surface area contributed by atoms with Crippen LogP contribution in [-0.2, 0) is 6.54 Å². The van der Waals surface area contributed by atoms with Crippen molar-refractivity contribution in [1.29, 1.82) is 0 Å². The van der Waals surface area contributed by atoms with E-state index in [4.69, 9.17) is 11.6 Å². The molecule has 0 saturated carbocycles. The summed E-state index contributed by atoms with van der Waals surface area (Å²) in [6.45, 7) is 4.28. The van der Waals surface area contributed by atoms with Crippen molar-refractivity contribution < 1.29 is 4.39 Å². The molecule has 2 heterocycles. The van der Waals surface area contributed by atoms with Gasteiger partial charge in [-0.25, -0.2) is 14.4 Å². The first kappa shape index (κ1) is 11.0. The van der Waals surface area contributed by atoms with Gasteiger partial charge in [-0.1, -0.05) is 11.6 Å². The van der Waals surface area contributed by atoms with Crippen LogP contribution in [0.3, 0.4) is 0 Å². The first-order valence-corrected chi connectivity index (χ1v) is 5.22. The molecule has 0 aliphatic carbocycles. The minimum Gasteiger partial charge on any atom is -0.272 e. The molecule has 16 heavy (non-hydrogen) atoms. The van der Waals surface area contributed by atoms with E-state index in [0.29, 0.717) is 5.82 Å². The van der Waals surface area contributed by atoms with Crippen LogP contribution >= 0.6 is 11.6 Å². The second-order valence-corrected chi connectivity index (χ2v) is 3.68. The minimum atomic E-state index is -0.576. The number of rotatable bonds is 2. The van der Waals surface area contributed by atoms with Crippen molar-refractivity contribution in [1.82, 2.24) is 19.7 Å². The normalized spacial score (nSPS) is 10.8. The van der Waals surface area contributed by atoms with Crippen LogP contribution in [0.15, 0.2) is 12.4 Å². The smallest absolute Gasteiger partial charge is 0.181 e. The van der Waals surface area contributed by atoms with Gasteiger partial charge in [0, 0.05) is 12.7 Å². The molecule has 84 valence electrons. The monoisotopic (exact) mass is 240 g/mol. The van der Waals surface area contributed by atoms with E-state index in [1.165, 1.54) is 0 Å². The van der Waals surface area contributed by atoms with Crippen LogP contribution in [0, 0.1) is 12.7 Å². The lowest BCUT2D eigenvalue weighted by Gasteiger charge is -2.01. The van der Waals surface area contributed by atoms with Gasteiger partial charge >= 0.3 is 0 Å². The summed E-state index contributed by atoms with van der Waals surface area (Å²) < 4.78 is 15.0. The zero-order chi connectivity index (χ0) is 11.7. The summed E-state index contributed by atoms with van der Waals surface area (Å²) >= 11 is 5.66. The van der Waals surface area contributed by atoms with Gasteiger partial charge in [0.1, 0.15) is 0 Å². The molecular formula is C10H10ClFN4. The third-order valence-electron chi connectivity index (χ3n) is 2.19. The topological polar surface area (TPSA) is 43.6 Å². The van der Waals surface area contributed by atoms with Gasteiger partial charge in [0.25, 0.3) is 0 Å². The fraction of sp³-hybridized carbons (Fsp3) is 0.300. The predicted molar refractivity (Wildman–Crippen MR) is 58.6 cm³/mol. The Balaban J connectivity index is 2.48. The van der Waals surface area contributed by atoms with Crippen LogP contribution in [0.5, 0.6) is 0 Å². The first-order valence-electron chi connectivity index (χ1n) is 4.84. The molecule has 4 nitrogen and oxygen atoms in total. The van der Waals surface area contributed by atoms with Crippen LogP contribution in [0.25, 0.3) is 11.4 Å². The summed E-state index contributed by atoms with van der Waals surface area (Å²) in [7, 11) is 0. The van der Waals surface area contributed by atoms with Crippen LogP contribution in [-0.4, -0.2) is 19.7 Å². The summed E-state index contributed by atoms with van der Waals surface area (Å²) in [5, 5.41) is 3.93. The van der Waals surface area contributed by atoms with E-state index in [-0.39, 0.29) is 10.8 Å². The number of hydrogen-bond acceptors (Lipinski definition) is 3. The molecule has 0 bridgehead atoms.